The van der Waals surface area contributed by atoms with E-state index in [1.807, 2.05) is 0 Å². The van der Waals surface area contributed by atoms with Crippen molar-refractivity contribution in [3.8, 4) is 0 Å². The molecule has 0 spiro atoms. The largest absolute Gasteiger partial charge is 2.00 e. The summed E-state index contributed by atoms with van der Waals surface area (Å²) in [5.41, 5.74) is 0. The molecule has 2 aromatic rings. The molecule has 0 nitrogen and oxygen atoms in total. The topological polar surface area (TPSA) is 0 Å². The number of hydrogen-bond acceptors (Lipinski definition) is 0. The van der Waals surface area contributed by atoms with Gasteiger partial charge in [-0.3, -0.25) is 0 Å². The van der Waals surface area contributed by atoms with Gasteiger partial charge in [0.25, 0.3) is 0 Å². The van der Waals surface area contributed by atoms with E-state index in [2.05, 4.69) is 67.6 Å². The van der Waals surface area contributed by atoms with E-state index in [1.165, 1.54) is 16.8 Å². The van der Waals surface area contributed by atoms with Crippen LogP contribution in [0.2, 0.25) is 0 Å². The molecule has 2 rings (SSSR count). The van der Waals surface area contributed by atoms with Gasteiger partial charge < -0.3 is 0 Å². The third kappa shape index (κ3) is 3.26. The monoisotopic (exact) mass is 320 g/mol. The van der Waals surface area contributed by atoms with Crippen molar-refractivity contribution in [2.75, 3.05) is 6.16 Å². The van der Waals surface area contributed by atoms with Gasteiger partial charge >= 0.3 is 20.4 Å². The molecule has 0 N–H and O–H groups in total. The maximum Gasteiger partial charge on any atom is 2.00 e. The van der Waals surface area contributed by atoms with Crippen LogP contribution in [0, 0.1) is 0 Å². The van der Waals surface area contributed by atoms with Crippen molar-refractivity contribution >= 4 is 18.5 Å². The van der Waals surface area contributed by atoms with E-state index in [1.54, 1.807) is 0 Å². The molecule has 0 bridgehead atoms. The zero-order valence-corrected chi connectivity index (χ0v) is 11.7. The molecule has 0 amide bonds. The molecular weight excluding hydrogens is 306 g/mol. The minimum Gasteiger partial charge on any atom is -0.0622 e. The van der Waals surface area contributed by atoms with E-state index in [-0.39, 0.29) is 28.3 Å². The molecule has 2 aromatic carbocycles. The van der Waals surface area contributed by atoms with Crippen molar-refractivity contribution < 1.29 is 20.4 Å². The molecule has 0 aromatic heterocycles. The van der Waals surface area contributed by atoms with Crippen LogP contribution in [0.15, 0.2) is 60.7 Å². The van der Waals surface area contributed by atoms with Crippen LogP contribution >= 0.6 is 7.92 Å². The minimum absolute atomic E-state index is 0. The maximum absolute atomic E-state index is 2.27. The van der Waals surface area contributed by atoms with E-state index < -0.39 is 0 Å². The van der Waals surface area contributed by atoms with Crippen LogP contribution in [-0.4, -0.2) is 6.16 Å². The number of benzene rings is 2. The van der Waals surface area contributed by atoms with Gasteiger partial charge in [-0.1, -0.05) is 67.6 Å². The minimum atomic E-state index is -0.149. The first-order valence-corrected chi connectivity index (χ1v) is 6.82. The van der Waals surface area contributed by atoms with Crippen molar-refractivity contribution in [1.29, 1.82) is 0 Å². The fraction of sp³-hybridized carbons (Fsp3) is 0.143. The summed E-state index contributed by atoms with van der Waals surface area (Å²) in [4.78, 5) is 0. The Balaban J connectivity index is 0.00000128. The van der Waals surface area contributed by atoms with Crippen LogP contribution in [0.1, 0.15) is 6.92 Å². The zero-order chi connectivity index (χ0) is 10.5. The van der Waals surface area contributed by atoms with Crippen LogP contribution in [0.4, 0.5) is 0 Å². The van der Waals surface area contributed by atoms with Gasteiger partial charge in [0.2, 0.25) is 0 Å². The number of hydrogen-bond donors (Lipinski definition) is 0. The van der Waals surface area contributed by atoms with E-state index >= 15 is 0 Å². The summed E-state index contributed by atoms with van der Waals surface area (Å²) in [6.45, 7) is 2.27. The van der Waals surface area contributed by atoms with Gasteiger partial charge in [0.15, 0.2) is 0 Å². The third-order valence-corrected chi connectivity index (χ3v) is 4.93. The first-order valence-electron chi connectivity index (χ1n) is 5.29. The van der Waals surface area contributed by atoms with Crippen molar-refractivity contribution in [3.05, 3.63) is 60.7 Å². The molecule has 0 heterocycles. The van der Waals surface area contributed by atoms with Gasteiger partial charge in [-0.25, -0.2) is 0 Å². The van der Waals surface area contributed by atoms with Gasteiger partial charge in [0.1, 0.15) is 0 Å². The molecule has 16 heavy (non-hydrogen) atoms. The Hall–Kier alpha value is -0.468. The van der Waals surface area contributed by atoms with Crippen LogP contribution in [0.5, 0.6) is 0 Å². The Morgan fingerprint density at radius 1 is 0.750 bits per heavy atom. The summed E-state index contributed by atoms with van der Waals surface area (Å²) >= 11 is 0. The Kier molecular flexibility index (Phi) is 5.93. The summed E-state index contributed by atoms with van der Waals surface area (Å²) in [7, 11) is -0.149. The fourth-order valence-electron chi connectivity index (χ4n) is 1.73. The average molecular weight is 321 g/mol. The second-order valence-electron chi connectivity index (χ2n) is 3.42. The SMILES string of the molecule is CCP(c1ccccc1)c1ccccc1.[Pd+2]. The Bertz CT molecular complexity index is 360. The molecule has 0 aliphatic rings. The Morgan fingerprint density at radius 3 is 1.44 bits per heavy atom. The van der Waals surface area contributed by atoms with Gasteiger partial charge in [-0.05, 0) is 24.7 Å². The van der Waals surface area contributed by atoms with Gasteiger partial charge in [-0.2, -0.15) is 0 Å². The molecule has 0 aliphatic heterocycles. The molecule has 0 unspecified atom stereocenters. The Morgan fingerprint density at radius 2 is 1.12 bits per heavy atom. The van der Waals surface area contributed by atoms with Gasteiger partial charge in [0.05, 0.1) is 0 Å². The molecule has 0 aliphatic carbocycles. The van der Waals surface area contributed by atoms with Gasteiger partial charge in [-0.15, -0.1) is 0 Å². The normalized spacial score (nSPS) is 9.88. The van der Waals surface area contributed by atoms with Crippen molar-refractivity contribution in [3.63, 3.8) is 0 Å². The fourth-order valence-corrected chi connectivity index (χ4v) is 3.82. The first-order chi connectivity index (χ1) is 7.42. The predicted molar refractivity (Wildman–Crippen MR) is 69.6 cm³/mol. The molecule has 0 atom stereocenters. The molecule has 0 fully saturated rings. The van der Waals surface area contributed by atoms with Gasteiger partial charge in [0, 0.05) is 0 Å². The summed E-state index contributed by atoms with van der Waals surface area (Å²) < 4.78 is 0. The first kappa shape index (κ1) is 13.6. The predicted octanol–water partition coefficient (Wildman–Crippen LogP) is 3.14. The second kappa shape index (κ2) is 6.98. The molecular formula is C14H15PPd+2. The van der Waals surface area contributed by atoms with Crippen LogP contribution < -0.4 is 10.6 Å². The van der Waals surface area contributed by atoms with Crippen molar-refractivity contribution in [1.82, 2.24) is 0 Å². The summed E-state index contributed by atoms with van der Waals surface area (Å²) in [5.74, 6) is 0. The summed E-state index contributed by atoms with van der Waals surface area (Å²) in [6.07, 6.45) is 1.21. The standard InChI is InChI=1S/C14H15P.Pd/c1-2-15(13-9-5-3-6-10-13)14-11-7-4-8-12-14;/h3-12H,2H2,1H3;/q;+2. The summed E-state index contributed by atoms with van der Waals surface area (Å²) in [6, 6.07) is 21.6. The van der Waals surface area contributed by atoms with Crippen LogP contribution in [0.25, 0.3) is 0 Å². The van der Waals surface area contributed by atoms with E-state index in [9.17, 15) is 0 Å². The molecule has 2 heteroatoms. The molecule has 0 radical (unpaired) electrons. The van der Waals surface area contributed by atoms with Crippen molar-refractivity contribution in [2.45, 2.75) is 6.92 Å². The van der Waals surface area contributed by atoms with Crippen molar-refractivity contribution in [2.24, 2.45) is 0 Å². The van der Waals surface area contributed by atoms with E-state index in [0.29, 0.717) is 0 Å². The van der Waals surface area contributed by atoms with Crippen LogP contribution in [0.3, 0.4) is 0 Å². The Labute approximate surface area is 112 Å². The smallest absolute Gasteiger partial charge is 0.0622 e. The van der Waals surface area contributed by atoms with Crippen LogP contribution in [-0.2, 0) is 20.4 Å². The third-order valence-electron chi connectivity index (χ3n) is 2.45. The molecule has 0 saturated heterocycles. The molecule has 0 saturated carbocycles. The maximum atomic E-state index is 2.27. The quantitative estimate of drug-likeness (QED) is 0.602. The number of rotatable bonds is 3. The second-order valence-corrected chi connectivity index (χ2v) is 5.94. The zero-order valence-electron chi connectivity index (χ0n) is 9.24. The van der Waals surface area contributed by atoms with E-state index in [4.69, 9.17) is 0 Å². The summed E-state index contributed by atoms with van der Waals surface area (Å²) in [5, 5.41) is 2.95. The average Bonchev–Trinajstić information content (AvgIpc) is 2.33. The molecule has 84 valence electrons. The van der Waals surface area contributed by atoms with E-state index in [0.717, 1.165) is 0 Å².